The molecule has 20 heavy (non-hydrogen) atoms. The molecule has 0 amide bonds. The molecular weight excluding hydrogens is 324 g/mol. The molecule has 0 spiro atoms. The van der Waals surface area contributed by atoms with Crippen molar-refractivity contribution in [2.24, 2.45) is 0 Å². The molecule has 102 valence electrons. The quantitative estimate of drug-likeness (QED) is 0.456. The molecule has 0 atom stereocenters. The van der Waals surface area contributed by atoms with Crippen molar-refractivity contribution in [3.63, 3.8) is 0 Å². The van der Waals surface area contributed by atoms with Crippen molar-refractivity contribution in [2.45, 2.75) is 0 Å². The van der Waals surface area contributed by atoms with Crippen LogP contribution in [0.1, 0.15) is 15.9 Å². The molecular formula is C15H11BrO4. The second-order valence-electron chi connectivity index (χ2n) is 4.08. The van der Waals surface area contributed by atoms with E-state index in [0.717, 1.165) is 16.1 Å². The van der Waals surface area contributed by atoms with Crippen LogP contribution in [0.15, 0.2) is 46.9 Å². The van der Waals surface area contributed by atoms with Gasteiger partial charge >= 0.3 is 0 Å². The number of hydrogen-bond acceptors (Lipinski definition) is 4. The molecule has 0 saturated carbocycles. The van der Waals surface area contributed by atoms with Crippen LogP contribution in [0, 0.1) is 0 Å². The summed E-state index contributed by atoms with van der Waals surface area (Å²) in [5.41, 5.74) is 0.748. The zero-order valence-corrected chi connectivity index (χ0v) is 11.8. The van der Waals surface area contributed by atoms with Gasteiger partial charge in [0, 0.05) is 4.47 Å². The fourth-order valence-corrected chi connectivity index (χ4v) is 1.87. The maximum atomic E-state index is 11.9. The fourth-order valence-electron chi connectivity index (χ4n) is 1.60. The monoisotopic (exact) mass is 334 g/mol. The molecule has 0 fully saturated rings. The highest BCUT2D eigenvalue weighted by molar-refractivity contribution is 9.10. The van der Waals surface area contributed by atoms with Crippen molar-refractivity contribution in [1.82, 2.24) is 0 Å². The lowest BCUT2D eigenvalue weighted by Crippen LogP contribution is -1.95. The minimum atomic E-state index is -0.701. The number of benzene rings is 2. The second-order valence-corrected chi connectivity index (χ2v) is 4.99. The predicted octanol–water partition coefficient (Wildman–Crippen LogP) is 3.46. The third kappa shape index (κ3) is 3.00. The normalized spacial score (nSPS) is 10.8. The molecule has 2 aromatic rings. The Hall–Kier alpha value is -2.27. The Morgan fingerprint density at radius 1 is 0.950 bits per heavy atom. The minimum Gasteiger partial charge on any atom is -0.504 e. The molecule has 0 aliphatic rings. The maximum absolute atomic E-state index is 11.9. The van der Waals surface area contributed by atoms with E-state index in [1.165, 1.54) is 12.1 Å². The van der Waals surface area contributed by atoms with Crippen molar-refractivity contribution in [2.75, 3.05) is 0 Å². The van der Waals surface area contributed by atoms with Crippen LogP contribution in [-0.4, -0.2) is 21.1 Å². The Balaban J connectivity index is 2.24. The van der Waals surface area contributed by atoms with Crippen LogP contribution >= 0.6 is 15.9 Å². The second kappa shape index (κ2) is 5.79. The average Bonchev–Trinajstić information content (AvgIpc) is 2.44. The number of rotatable bonds is 3. The first kappa shape index (κ1) is 14.1. The lowest BCUT2D eigenvalue weighted by Gasteiger charge is -2.04. The summed E-state index contributed by atoms with van der Waals surface area (Å²) in [4.78, 5) is 11.9. The minimum absolute atomic E-state index is 0.0753. The number of halogens is 1. The number of phenolic OH excluding ortho intramolecular Hbond substituents is 3. The van der Waals surface area contributed by atoms with Crippen LogP contribution in [0.2, 0.25) is 0 Å². The van der Waals surface area contributed by atoms with Gasteiger partial charge in [0.05, 0.1) is 5.56 Å². The van der Waals surface area contributed by atoms with Crippen LogP contribution in [0.25, 0.3) is 6.08 Å². The Kier molecular flexibility index (Phi) is 4.10. The summed E-state index contributed by atoms with van der Waals surface area (Å²) in [5, 5.41) is 28.2. The van der Waals surface area contributed by atoms with Crippen LogP contribution < -0.4 is 0 Å². The number of aromatic hydroxyl groups is 3. The first-order valence-corrected chi connectivity index (χ1v) is 6.50. The van der Waals surface area contributed by atoms with Crippen LogP contribution in [0.4, 0.5) is 0 Å². The molecule has 4 nitrogen and oxygen atoms in total. The van der Waals surface area contributed by atoms with E-state index in [1.54, 1.807) is 6.08 Å². The molecule has 0 aliphatic heterocycles. The molecule has 2 aromatic carbocycles. The summed E-state index contributed by atoms with van der Waals surface area (Å²) in [7, 11) is 0. The molecule has 3 N–H and O–H groups in total. The largest absolute Gasteiger partial charge is 0.504 e. The molecule has 0 aliphatic carbocycles. The summed E-state index contributed by atoms with van der Waals surface area (Å²) in [5.74, 6) is -2.28. The maximum Gasteiger partial charge on any atom is 0.201 e. The van der Waals surface area contributed by atoms with E-state index in [0.29, 0.717) is 0 Å². The van der Waals surface area contributed by atoms with Gasteiger partial charge in [-0.15, -0.1) is 0 Å². The summed E-state index contributed by atoms with van der Waals surface area (Å²) < 4.78 is 0.932. The molecule has 5 heteroatoms. The average molecular weight is 335 g/mol. The Morgan fingerprint density at radius 3 is 2.25 bits per heavy atom. The number of ketones is 1. The lowest BCUT2D eigenvalue weighted by molar-refractivity contribution is 0.104. The Morgan fingerprint density at radius 2 is 1.60 bits per heavy atom. The molecule has 0 heterocycles. The number of allylic oxidation sites excluding steroid dienone is 1. The van der Waals surface area contributed by atoms with Crippen molar-refractivity contribution in [1.29, 1.82) is 0 Å². The first-order valence-electron chi connectivity index (χ1n) is 5.71. The van der Waals surface area contributed by atoms with E-state index >= 15 is 0 Å². The third-order valence-electron chi connectivity index (χ3n) is 2.69. The van der Waals surface area contributed by atoms with Gasteiger partial charge in [0.1, 0.15) is 0 Å². The first-order chi connectivity index (χ1) is 9.49. The summed E-state index contributed by atoms with van der Waals surface area (Å²) >= 11 is 3.31. The van der Waals surface area contributed by atoms with Crippen molar-refractivity contribution >= 4 is 27.8 Å². The van der Waals surface area contributed by atoms with Gasteiger partial charge in [0.25, 0.3) is 0 Å². The number of carbonyl (C=O) groups is 1. The summed E-state index contributed by atoms with van der Waals surface area (Å²) in [6.45, 7) is 0. The van der Waals surface area contributed by atoms with Gasteiger partial charge in [-0.2, -0.15) is 0 Å². The Labute approximate surface area is 123 Å². The molecule has 0 unspecified atom stereocenters. The highest BCUT2D eigenvalue weighted by atomic mass is 79.9. The topological polar surface area (TPSA) is 77.8 Å². The zero-order chi connectivity index (χ0) is 14.7. The number of carbonyl (C=O) groups excluding carboxylic acids is 1. The standard InChI is InChI=1S/C15H11BrO4/c16-10-4-1-9(2-5-10)3-7-12(17)11-6-8-13(18)15(20)14(11)19/h1-8,18-20H. The predicted molar refractivity (Wildman–Crippen MR) is 78.9 cm³/mol. The van der Waals surface area contributed by atoms with Gasteiger partial charge in [0.2, 0.25) is 5.75 Å². The highest BCUT2D eigenvalue weighted by Gasteiger charge is 2.15. The molecule has 0 radical (unpaired) electrons. The SMILES string of the molecule is O=C(C=Cc1ccc(Br)cc1)c1ccc(O)c(O)c1O. The molecule has 0 saturated heterocycles. The van der Waals surface area contributed by atoms with Gasteiger partial charge < -0.3 is 15.3 Å². The van der Waals surface area contributed by atoms with Crippen molar-refractivity contribution in [3.05, 3.63) is 58.1 Å². The van der Waals surface area contributed by atoms with Crippen LogP contribution in [-0.2, 0) is 0 Å². The van der Waals surface area contributed by atoms with Gasteiger partial charge in [-0.1, -0.05) is 34.1 Å². The van der Waals surface area contributed by atoms with Gasteiger partial charge in [-0.3, -0.25) is 4.79 Å². The Bertz CT molecular complexity index is 675. The zero-order valence-electron chi connectivity index (χ0n) is 10.2. The van der Waals surface area contributed by atoms with E-state index in [1.807, 2.05) is 24.3 Å². The number of hydrogen-bond donors (Lipinski definition) is 3. The smallest absolute Gasteiger partial charge is 0.201 e. The summed E-state index contributed by atoms with van der Waals surface area (Å²) in [6, 6.07) is 9.72. The number of phenols is 3. The van der Waals surface area contributed by atoms with E-state index in [-0.39, 0.29) is 5.56 Å². The van der Waals surface area contributed by atoms with Crippen molar-refractivity contribution in [3.8, 4) is 17.2 Å². The lowest BCUT2D eigenvalue weighted by atomic mass is 10.1. The fraction of sp³-hybridized carbons (Fsp3) is 0. The summed E-state index contributed by atoms with van der Waals surface area (Å²) in [6.07, 6.45) is 2.88. The molecule has 0 bridgehead atoms. The third-order valence-corrected chi connectivity index (χ3v) is 3.22. The molecule has 0 aromatic heterocycles. The van der Waals surface area contributed by atoms with Crippen molar-refractivity contribution < 1.29 is 20.1 Å². The highest BCUT2D eigenvalue weighted by Crippen LogP contribution is 2.37. The van der Waals surface area contributed by atoms with E-state index in [9.17, 15) is 20.1 Å². The van der Waals surface area contributed by atoms with E-state index < -0.39 is 23.0 Å². The van der Waals surface area contributed by atoms with Gasteiger partial charge in [0.15, 0.2) is 17.3 Å². The molecule has 2 rings (SSSR count). The van der Waals surface area contributed by atoms with E-state index in [2.05, 4.69) is 15.9 Å². The van der Waals surface area contributed by atoms with Gasteiger partial charge in [-0.05, 0) is 35.9 Å². The van der Waals surface area contributed by atoms with Crippen LogP contribution in [0.3, 0.4) is 0 Å². The van der Waals surface area contributed by atoms with Gasteiger partial charge in [-0.25, -0.2) is 0 Å². The van der Waals surface area contributed by atoms with E-state index in [4.69, 9.17) is 0 Å². The van der Waals surface area contributed by atoms with Crippen LogP contribution in [0.5, 0.6) is 17.2 Å².